The summed E-state index contributed by atoms with van der Waals surface area (Å²) in [5, 5.41) is 7.74. The third-order valence-electron chi connectivity index (χ3n) is 8.68. The molecule has 2 unspecified atom stereocenters. The van der Waals surface area contributed by atoms with E-state index in [2.05, 4.69) is 10.4 Å². The lowest BCUT2D eigenvalue weighted by Crippen LogP contribution is -2.62. The molecule has 1 aliphatic heterocycles. The Labute approximate surface area is 210 Å². The number of hydrogen-bond acceptors (Lipinski definition) is 7. The molecule has 2 amide bonds. The molecule has 2 aromatic rings. The molecule has 2 atom stereocenters. The van der Waals surface area contributed by atoms with Gasteiger partial charge in [-0.3, -0.25) is 14.3 Å². The third-order valence-corrected chi connectivity index (χ3v) is 9.79. The fraction of sp³-hybridized carbons (Fsp3) is 0.560. The van der Waals surface area contributed by atoms with Crippen LogP contribution in [0.1, 0.15) is 42.6 Å². The van der Waals surface area contributed by atoms with Gasteiger partial charge in [-0.15, -0.1) is 0 Å². The van der Waals surface area contributed by atoms with E-state index in [0.29, 0.717) is 30.5 Å². The van der Waals surface area contributed by atoms with Crippen LogP contribution >= 0.6 is 0 Å². The molecule has 3 N–H and O–H groups in total. The Balaban J connectivity index is 1.23. The van der Waals surface area contributed by atoms with Crippen molar-refractivity contribution in [2.24, 2.45) is 36.0 Å². The number of amides is 2. The van der Waals surface area contributed by atoms with Gasteiger partial charge < -0.3 is 20.7 Å². The number of aromatic nitrogens is 2. The second-order valence-corrected chi connectivity index (χ2v) is 13.0. The molecule has 7 rings (SSSR count). The zero-order valence-corrected chi connectivity index (χ0v) is 21.3. The molecule has 36 heavy (non-hydrogen) atoms. The van der Waals surface area contributed by atoms with Crippen molar-refractivity contribution in [3.63, 3.8) is 0 Å². The number of anilines is 2. The number of rotatable bonds is 5. The van der Waals surface area contributed by atoms with Gasteiger partial charge in [0.25, 0.3) is 5.91 Å². The van der Waals surface area contributed by atoms with Crippen molar-refractivity contribution < 1.29 is 22.7 Å². The summed E-state index contributed by atoms with van der Waals surface area (Å²) in [5.74, 6) is 1.85. The highest BCUT2D eigenvalue weighted by atomic mass is 32.2. The topological polar surface area (TPSA) is 137 Å². The van der Waals surface area contributed by atoms with Crippen LogP contribution in [-0.4, -0.2) is 55.5 Å². The maximum atomic E-state index is 13.3. The number of primary amides is 1. The van der Waals surface area contributed by atoms with Gasteiger partial charge in [-0.05, 0) is 62.0 Å². The molecule has 192 valence electrons. The Morgan fingerprint density at radius 1 is 1.17 bits per heavy atom. The zero-order chi connectivity index (χ0) is 25.4. The van der Waals surface area contributed by atoms with Gasteiger partial charge in [0, 0.05) is 36.9 Å². The monoisotopic (exact) mass is 513 g/mol. The van der Waals surface area contributed by atoms with Gasteiger partial charge in [0.1, 0.15) is 18.2 Å². The van der Waals surface area contributed by atoms with Crippen LogP contribution in [0.15, 0.2) is 29.2 Å². The van der Waals surface area contributed by atoms with E-state index in [0.717, 1.165) is 43.6 Å². The van der Waals surface area contributed by atoms with Crippen LogP contribution in [-0.2, 0) is 21.7 Å². The summed E-state index contributed by atoms with van der Waals surface area (Å²) in [7, 11) is -1.58. The second-order valence-electron chi connectivity index (χ2n) is 11.0. The molecule has 10 nitrogen and oxygen atoms in total. The highest BCUT2D eigenvalue weighted by Gasteiger charge is 2.58. The summed E-state index contributed by atoms with van der Waals surface area (Å²) in [5.41, 5.74) is 6.46. The van der Waals surface area contributed by atoms with Gasteiger partial charge in [0.15, 0.2) is 15.5 Å². The minimum atomic E-state index is -3.36. The van der Waals surface area contributed by atoms with Crippen LogP contribution < -0.4 is 20.7 Å². The number of aryl methyl sites for hydroxylation is 1. The van der Waals surface area contributed by atoms with Crippen LogP contribution in [0.2, 0.25) is 0 Å². The Morgan fingerprint density at radius 3 is 2.56 bits per heavy atom. The summed E-state index contributed by atoms with van der Waals surface area (Å²) in [6.45, 7) is 0.913. The molecule has 0 spiro atoms. The Kier molecular flexibility index (Phi) is 5.16. The molecule has 0 saturated heterocycles. The molecule has 0 radical (unpaired) electrons. The highest BCUT2D eigenvalue weighted by Crippen LogP contribution is 2.60. The summed E-state index contributed by atoms with van der Waals surface area (Å²) in [6, 6.07) is 6.61. The van der Waals surface area contributed by atoms with E-state index in [9.17, 15) is 18.0 Å². The van der Waals surface area contributed by atoms with Crippen molar-refractivity contribution in [3.05, 3.63) is 30.0 Å². The standard InChI is InChI=1S/C25H31N5O5S/c1-29-21(30-5-6-35-20-9-17(36(2,33)34)3-4-19(20)30)10-18(28-29)23(31)27-22-15-7-14-8-16(22)13-25(11-14,12-15)24(26)32/h3-4,9-10,14-16,22H,5-8,11-13H2,1-2H3,(H2,26,32)(H,27,31). The van der Waals surface area contributed by atoms with Crippen LogP contribution in [0.25, 0.3) is 0 Å². The average Bonchev–Trinajstić information content (AvgIpc) is 3.21. The summed E-state index contributed by atoms with van der Waals surface area (Å²) in [4.78, 5) is 27.7. The lowest BCUT2D eigenvalue weighted by atomic mass is 9.47. The molecule has 1 aromatic carbocycles. The quantitative estimate of drug-likeness (QED) is 0.622. The average molecular weight is 514 g/mol. The summed E-state index contributed by atoms with van der Waals surface area (Å²) < 4.78 is 31.3. The third kappa shape index (κ3) is 3.66. The minimum absolute atomic E-state index is 0.0329. The molecule has 5 aliphatic rings. The smallest absolute Gasteiger partial charge is 0.272 e. The van der Waals surface area contributed by atoms with E-state index in [1.807, 2.05) is 4.90 Å². The molecule has 4 aliphatic carbocycles. The van der Waals surface area contributed by atoms with Crippen molar-refractivity contribution in [2.45, 2.75) is 43.0 Å². The maximum absolute atomic E-state index is 13.3. The number of fused-ring (bicyclic) bond motifs is 1. The number of nitrogens with two attached hydrogens (primary N) is 1. The largest absolute Gasteiger partial charge is 0.489 e. The van der Waals surface area contributed by atoms with E-state index >= 15 is 0 Å². The number of ether oxygens (including phenoxy) is 1. The predicted octanol–water partition coefficient (Wildman–Crippen LogP) is 1.76. The van der Waals surface area contributed by atoms with Gasteiger partial charge >= 0.3 is 0 Å². The lowest BCUT2D eigenvalue weighted by Gasteiger charge is -2.58. The maximum Gasteiger partial charge on any atom is 0.272 e. The number of sulfone groups is 1. The molecule has 4 bridgehead atoms. The fourth-order valence-corrected chi connectivity index (χ4v) is 7.91. The van der Waals surface area contributed by atoms with Gasteiger partial charge in [-0.25, -0.2) is 8.42 Å². The fourth-order valence-electron chi connectivity index (χ4n) is 7.28. The molecule has 4 saturated carbocycles. The predicted molar refractivity (Wildman–Crippen MR) is 132 cm³/mol. The van der Waals surface area contributed by atoms with Crippen molar-refractivity contribution in [1.29, 1.82) is 0 Å². The molecule has 4 fully saturated rings. The summed E-state index contributed by atoms with van der Waals surface area (Å²) >= 11 is 0. The van der Waals surface area contributed by atoms with E-state index in [-0.39, 0.29) is 34.6 Å². The van der Waals surface area contributed by atoms with Crippen molar-refractivity contribution in [2.75, 3.05) is 24.3 Å². The van der Waals surface area contributed by atoms with Crippen molar-refractivity contribution in [1.82, 2.24) is 15.1 Å². The normalized spacial score (nSPS) is 30.6. The van der Waals surface area contributed by atoms with Crippen LogP contribution in [0, 0.1) is 23.2 Å². The molecular weight excluding hydrogens is 482 g/mol. The van der Waals surface area contributed by atoms with Crippen molar-refractivity contribution >= 4 is 33.2 Å². The number of carbonyl (C=O) groups is 2. The molecule has 11 heteroatoms. The number of nitrogens with one attached hydrogen (secondary N) is 1. The van der Waals surface area contributed by atoms with Crippen LogP contribution in [0.3, 0.4) is 0 Å². The van der Waals surface area contributed by atoms with Crippen LogP contribution in [0.5, 0.6) is 5.75 Å². The van der Waals surface area contributed by atoms with E-state index < -0.39 is 15.3 Å². The lowest BCUT2D eigenvalue weighted by molar-refractivity contribution is -0.145. The SMILES string of the molecule is Cn1nc(C(=O)NC2C3CC4CC2CC(C(N)=O)(C4)C3)cc1N1CCOc2cc(S(C)(=O)=O)ccc21. The Hall–Kier alpha value is -3.08. The van der Waals surface area contributed by atoms with Crippen LogP contribution in [0.4, 0.5) is 11.5 Å². The summed E-state index contributed by atoms with van der Waals surface area (Å²) in [6.07, 6.45) is 5.64. The number of carbonyl (C=O) groups excluding carboxylic acids is 2. The van der Waals surface area contributed by atoms with E-state index in [1.54, 1.807) is 29.9 Å². The number of benzene rings is 1. The first kappa shape index (κ1) is 23.3. The Morgan fingerprint density at radius 2 is 1.89 bits per heavy atom. The second kappa shape index (κ2) is 7.96. The molecule has 2 heterocycles. The minimum Gasteiger partial charge on any atom is -0.489 e. The van der Waals surface area contributed by atoms with E-state index in [1.165, 1.54) is 12.3 Å². The Bertz CT molecular complexity index is 1350. The highest BCUT2D eigenvalue weighted by molar-refractivity contribution is 7.90. The van der Waals surface area contributed by atoms with Gasteiger partial charge in [0.2, 0.25) is 5.91 Å². The van der Waals surface area contributed by atoms with E-state index in [4.69, 9.17) is 10.5 Å². The van der Waals surface area contributed by atoms with Gasteiger partial charge in [-0.2, -0.15) is 5.10 Å². The first-order chi connectivity index (χ1) is 17.0. The molecular formula is C25H31N5O5S. The molecule has 1 aromatic heterocycles. The van der Waals surface area contributed by atoms with Crippen molar-refractivity contribution in [3.8, 4) is 5.75 Å². The zero-order valence-electron chi connectivity index (χ0n) is 20.4. The number of nitrogens with zero attached hydrogens (tertiary/aromatic N) is 3. The number of hydrogen-bond donors (Lipinski definition) is 2. The first-order valence-electron chi connectivity index (χ1n) is 12.4. The first-order valence-corrected chi connectivity index (χ1v) is 14.3. The van der Waals surface area contributed by atoms with Gasteiger partial charge in [-0.1, -0.05) is 0 Å². The van der Waals surface area contributed by atoms with Gasteiger partial charge in [0.05, 0.1) is 17.1 Å².